The van der Waals surface area contributed by atoms with Crippen LogP contribution in [0.5, 0.6) is 0 Å². The lowest BCUT2D eigenvalue weighted by molar-refractivity contribution is 0.0953. The zero-order chi connectivity index (χ0) is 22.4. The van der Waals surface area contributed by atoms with Gasteiger partial charge in [0.05, 0.1) is 0 Å². The molecule has 158 valence electrons. The number of aryl methyl sites for hydroxylation is 2. The summed E-state index contributed by atoms with van der Waals surface area (Å²) in [6.07, 6.45) is 0. The Morgan fingerprint density at radius 1 is 0.645 bits per heavy atom. The lowest BCUT2D eigenvalue weighted by atomic mass is 10.1. The Labute approximate surface area is 181 Å². The number of nitrogens with one attached hydrogen (secondary N) is 3. The van der Waals surface area contributed by atoms with E-state index in [2.05, 4.69) is 16.0 Å². The first-order valence-corrected chi connectivity index (χ1v) is 10.1. The Morgan fingerprint density at radius 3 is 1.65 bits per heavy atom. The van der Waals surface area contributed by atoms with Crippen LogP contribution < -0.4 is 16.0 Å². The van der Waals surface area contributed by atoms with Gasteiger partial charge >= 0.3 is 0 Å². The van der Waals surface area contributed by atoms with Crippen LogP contribution in [0, 0.1) is 13.8 Å². The standard InChI is InChI=1S/C25H25N3O3/c1-4-26-23(29)19-12-10-16(2)21(14-19)28-25(31)20-13-11-17(3)22(15-20)27-24(30)18-8-6-5-7-9-18/h5-15H,4H2,1-3H3,(H,26,29)(H,27,30)(H,28,31). The van der Waals surface area contributed by atoms with Gasteiger partial charge in [-0.1, -0.05) is 30.3 Å². The zero-order valence-corrected chi connectivity index (χ0v) is 17.8. The van der Waals surface area contributed by atoms with Gasteiger partial charge in [-0.2, -0.15) is 0 Å². The van der Waals surface area contributed by atoms with E-state index in [1.807, 2.05) is 26.8 Å². The Morgan fingerprint density at radius 2 is 1.13 bits per heavy atom. The first-order valence-electron chi connectivity index (χ1n) is 10.1. The molecule has 3 aromatic rings. The van der Waals surface area contributed by atoms with E-state index in [0.29, 0.717) is 34.6 Å². The van der Waals surface area contributed by atoms with Gasteiger partial charge in [0.2, 0.25) is 0 Å². The van der Waals surface area contributed by atoms with Crippen LogP contribution in [0.1, 0.15) is 49.1 Å². The summed E-state index contributed by atoms with van der Waals surface area (Å²) in [7, 11) is 0. The Bertz CT molecular complexity index is 1120. The molecule has 0 aliphatic rings. The van der Waals surface area contributed by atoms with E-state index in [-0.39, 0.29) is 17.7 Å². The average Bonchev–Trinajstić information content (AvgIpc) is 2.77. The second-order valence-electron chi connectivity index (χ2n) is 7.19. The molecule has 0 saturated carbocycles. The SMILES string of the molecule is CCNC(=O)c1ccc(C)c(NC(=O)c2ccc(C)c(NC(=O)c3ccccc3)c2)c1. The van der Waals surface area contributed by atoms with Crippen LogP contribution in [0.4, 0.5) is 11.4 Å². The fourth-order valence-corrected chi connectivity index (χ4v) is 3.04. The van der Waals surface area contributed by atoms with Crippen LogP contribution in [0.2, 0.25) is 0 Å². The van der Waals surface area contributed by atoms with E-state index in [4.69, 9.17) is 0 Å². The largest absolute Gasteiger partial charge is 0.352 e. The van der Waals surface area contributed by atoms with Gasteiger partial charge in [-0.25, -0.2) is 0 Å². The summed E-state index contributed by atoms with van der Waals surface area (Å²) in [6.45, 7) is 6.09. The monoisotopic (exact) mass is 415 g/mol. The molecule has 6 heteroatoms. The molecule has 3 amide bonds. The Hall–Kier alpha value is -3.93. The number of carbonyl (C=O) groups is 3. The van der Waals surface area contributed by atoms with Gasteiger partial charge in [-0.15, -0.1) is 0 Å². The minimum absolute atomic E-state index is 0.195. The summed E-state index contributed by atoms with van der Waals surface area (Å²) in [5, 5.41) is 8.47. The molecule has 0 unspecified atom stereocenters. The lowest BCUT2D eigenvalue weighted by Crippen LogP contribution is -2.23. The third kappa shape index (κ3) is 5.36. The van der Waals surface area contributed by atoms with Crippen molar-refractivity contribution in [3.63, 3.8) is 0 Å². The van der Waals surface area contributed by atoms with E-state index in [0.717, 1.165) is 11.1 Å². The predicted molar refractivity (Wildman–Crippen MR) is 123 cm³/mol. The fourth-order valence-electron chi connectivity index (χ4n) is 3.04. The summed E-state index contributed by atoms with van der Waals surface area (Å²) < 4.78 is 0. The van der Waals surface area contributed by atoms with Crippen molar-refractivity contribution in [2.45, 2.75) is 20.8 Å². The highest BCUT2D eigenvalue weighted by Gasteiger charge is 2.14. The molecular formula is C25H25N3O3. The highest BCUT2D eigenvalue weighted by atomic mass is 16.2. The van der Waals surface area contributed by atoms with Crippen molar-refractivity contribution in [1.29, 1.82) is 0 Å². The summed E-state index contributed by atoms with van der Waals surface area (Å²) in [6, 6.07) is 19.2. The van der Waals surface area contributed by atoms with E-state index < -0.39 is 0 Å². The molecule has 0 heterocycles. The van der Waals surface area contributed by atoms with Gasteiger partial charge in [0.25, 0.3) is 17.7 Å². The maximum atomic E-state index is 12.9. The number of hydrogen-bond acceptors (Lipinski definition) is 3. The van der Waals surface area contributed by atoms with Crippen molar-refractivity contribution in [3.05, 3.63) is 94.5 Å². The molecule has 6 nitrogen and oxygen atoms in total. The third-order valence-corrected chi connectivity index (χ3v) is 4.87. The topological polar surface area (TPSA) is 87.3 Å². The van der Waals surface area contributed by atoms with E-state index in [9.17, 15) is 14.4 Å². The van der Waals surface area contributed by atoms with Crippen molar-refractivity contribution in [2.75, 3.05) is 17.2 Å². The predicted octanol–water partition coefficient (Wildman–Crippen LogP) is 4.56. The minimum Gasteiger partial charge on any atom is -0.352 e. The number of hydrogen-bond donors (Lipinski definition) is 3. The zero-order valence-electron chi connectivity index (χ0n) is 17.8. The summed E-state index contributed by atoms with van der Waals surface area (Å²) >= 11 is 0. The molecule has 0 saturated heterocycles. The van der Waals surface area contributed by atoms with Gasteiger partial charge in [0.15, 0.2) is 0 Å². The second kappa shape index (κ2) is 9.71. The van der Waals surface area contributed by atoms with Crippen LogP contribution in [0.25, 0.3) is 0 Å². The maximum Gasteiger partial charge on any atom is 0.255 e. The number of rotatable bonds is 6. The molecule has 3 rings (SSSR count). The van der Waals surface area contributed by atoms with E-state index in [1.54, 1.807) is 60.7 Å². The molecule has 0 fully saturated rings. The van der Waals surface area contributed by atoms with Gasteiger partial charge in [0.1, 0.15) is 0 Å². The summed E-state index contributed by atoms with van der Waals surface area (Å²) in [4.78, 5) is 37.5. The van der Waals surface area contributed by atoms with Gasteiger partial charge in [0, 0.05) is 34.6 Å². The van der Waals surface area contributed by atoms with Crippen molar-refractivity contribution in [3.8, 4) is 0 Å². The number of amides is 3. The average molecular weight is 415 g/mol. The van der Waals surface area contributed by atoms with Crippen molar-refractivity contribution < 1.29 is 14.4 Å². The maximum absolute atomic E-state index is 12.9. The van der Waals surface area contributed by atoms with Crippen LogP contribution in [-0.4, -0.2) is 24.3 Å². The molecule has 3 aromatic carbocycles. The molecule has 31 heavy (non-hydrogen) atoms. The molecule has 0 aromatic heterocycles. The Balaban J connectivity index is 1.80. The number of anilines is 2. The highest BCUT2D eigenvalue weighted by molar-refractivity contribution is 6.08. The molecule has 0 aliphatic carbocycles. The van der Waals surface area contributed by atoms with Gasteiger partial charge < -0.3 is 16.0 Å². The van der Waals surface area contributed by atoms with Crippen LogP contribution in [-0.2, 0) is 0 Å². The first-order chi connectivity index (χ1) is 14.9. The number of benzene rings is 3. The quantitative estimate of drug-likeness (QED) is 0.552. The molecule has 3 N–H and O–H groups in total. The van der Waals surface area contributed by atoms with E-state index >= 15 is 0 Å². The molecule has 0 atom stereocenters. The van der Waals surface area contributed by atoms with Crippen molar-refractivity contribution in [2.24, 2.45) is 0 Å². The molecular weight excluding hydrogens is 390 g/mol. The third-order valence-electron chi connectivity index (χ3n) is 4.87. The smallest absolute Gasteiger partial charge is 0.255 e. The van der Waals surface area contributed by atoms with Crippen molar-refractivity contribution >= 4 is 29.1 Å². The first kappa shape index (κ1) is 21.8. The molecule has 0 bridgehead atoms. The minimum atomic E-state index is -0.327. The van der Waals surface area contributed by atoms with Crippen LogP contribution >= 0.6 is 0 Å². The van der Waals surface area contributed by atoms with E-state index in [1.165, 1.54) is 0 Å². The Kier molecular flexibility index (Phi) is 6.82. The lowest BCUT2D eigenvalue weighted by Gasteiger charge is -2.13. The molecule has 0 spiro atoms. The summed E-state index contributed by atoms with van der Waals surface area (Å²) in [5.41, 5.74) is 4.22. The summed E-state index contributed by atoms with van der Waals surface area (Å²) in [5.74, 6) is -0.766. The van der Waals surface area contributed by atoms with Crippen molar-refractivity contribution in [1.82, 2.24) is 5.32 Å². The van der Waals surface area contributed by atoms with Gasteiger partial charge in [-0.05, 0) is 68.3 Å². The molecule has 0 radical (unpaired) electrons. The van der Waals surface area contributed by atoms with Crippen LogP contribution in [0.15, 0.2) is 66.7 Å². The number of carbonyl (C=O) groups excluding carboxylic acids is 3. The normalized spacial score (nSPS) is 10.3. The fraction of sp³-hybridized carbons (Fsp3) is 0.160. The highest BCUT2D eigenvalue weighted by Crippen LogP contribution is 2.21. The second-order valence-corrected chi connectivity index (χ2v) is 7.19. The molecule has 0 aliphatic heterocycles. The van der Waals surface area contributed by atoms with Gasteiger partial charge in [-0.3, -0.25) is 14.4 Å². The van der Waals surface area contributed by atoms with Crippen LogP contribution in [0.3, 0.4) is 0 Å².